The molecule has 0 aromatic heterocycles. The quantitative estimate of drug-likeness (QED) is 0.143. The van der Waals surface area contributed by atoms with Crippen LogP contribution < -0.4 is 28.4 Å². The summed E-state index contributed by atoms with van der Waals surface area (Å²) >= 11 is 0. The van der Waals surface area contributed by atoms with E-state index in [2.05, 4.69) is 0 Å². The van der Waals surface area contributed by atoms with Crippen molar-refractivity contribution in [2.24, 2.45) is 0 Å². The van der Waals surface area contributed by atoms with Crippen molar-refractivity contribution in [2.75, 3.05) is 42.7 Å². The van der Waals surface area contributed by atoms with E-state index in [0.29, 0.717) is 34.1 Å². The molecule has 0 unspecified atom stereocenters. The maximum Gasteiger partial charge on any atom is 0.237 e. The zero-order chi connectivity index (χ0) is 32.0. The number of carbonyl (C=O) groups is 4. The van der Waals surface area contributed by atoms with Crippen LogP contribution in [-0.4, -0.2) is 65.8 Å². The van der Waals surface area contributed by atoms with Gasteiger partial charge in [-0.05, 0) is 71.8 Å². The predicted octanol–water partition coefficient (Wildman–Crippen LogP) is 5.54. The minimum Gasteiger partial charge on any atom is -0.496 e. The zero-order valence-electron chi connectivity index (χ0n) is 25.0. The first-order chi connectivity index (χ1) is 21.2. The van der Waals surface area contributed by atoms with E-state index < -0.39 is 23.1 Å². The lowest BCUT2D eigenvalue weighted by Crippen LogP contribution is -2.16. The number of hydrogen-bond donors (Lipinski definition) is 0. The molecule has 0 heterocycles. The van der Waals surface area contributed by atoms with Gasteiger partial charge in [-0.2, -0.15) is 0 Å². The van der Waals surface area contributed by atoms with E-state index in [9.17, 15) is 19.2 Å². The minimum absolute atomic E-state index is 0.0651. The largest absolute Gasteiger partial charge is 0.496 e. The number of ether oxygens (including phenoxy) is 6. The molecular formula is C34H30O10. The molecular weight excluding hydrogens is 568 g/mol. The van der Waals surface area contributed by atoms with Gasteiger partial charge in [0.15, 0.2) is 23.0 Å². The topological polar surface area (TPSA) is 124 Å². The molecule has 0 bridgehead atoms. The number of hydrogen-bond acceptors (Lipinski definition) is 10. The second-order valence-corrected chi connectivity index (χ2v) is 9.29. The van der Waals surface area contributed by atoms with Crippen LogP contribution in [-0.2, 0) is 0 Å². The summed E-state index contributed by atoms with van der Waals surface area (Å²) in [5.74, 6) is -1.22. The van der Waals surface area contributed by atoms with Crippen LogP contribution in [0.4, 0.5) is 0 Å². The first kappa shape index (κ1) is 31.3. The van der Waals surface area contributed by atoms with Gasteiger partial charge in [0.2, 0.25) is 23.1 Å². The molecule has 0 atom stereocenters. The molecule has 0 radical (unpaired) electrons. The van der Waals surface area contributed by atoms with E-state index in [-0.39, 0.29) is 33.8 Å². The SMILES string of the molecule is COc1ccc(C(=O)C(=O)c2ccc(-c3ccc(C(=O)C(=O)c4ccc(OC)c(OC)c4)c(OC)c3)cc2OC)cc1OC. The lowest BCUT2D eigenvalue weighted by Gasteiger charge is -2.13. The molecule has 0 aliphatic carbocycles. The zero-order valence-corrected chi connectivity index (χ0v) is 25.0. The van der Waals surface area contributed by atoms with Gasteiger partial charge in [0.05, 0.1) is 53.8 Å². The molecule has 44 heavy (non-hydrogen) atoms. The molecule has 0 N–H and O–H groups in total. The summed E-state index contributed by atoms with van der Waals surface area (Å²) in [4.78, 5) is 52.5. The Morgan fingerprint density at radius 2 is 0.705 bits per heavy atom. The van der Waals surface area contributed by atoms with Gasteiger partial charge in [-0.25, -0.2) is 0 Å². The molecule has 10 nitrogen and oxygen atoms in total. The van der Waals surface area contributed by atoms with E-state index in [1.54, 1.807) is 36.4 Å². The standard InChI is InChI=1S/C34H30O10/c1-39-25-13-9-21(17-29(25)43-5)31(35)33(37)23-11-7-19(15-27(23)41-3)20-8-12-24(28(16-20)42-4)34(38)32(36)22-10-14-26(40-2)30(18-22)44-6/h7-18H,1-6H3. The van der Waals surface area contributed by atoms with Gasteiger partial charge in [-0.1, -0.05) is 12.1 Å². The van der Waals surface area contributed by atoms with E-state index in [0.717, 1.165) is 0 Å². The maximum absolute atomic E-state index is 13.2. The van der Waals surface area contributed by atoms with Crippen molar-refractivity contribution in [1.29, 1.82) is 0 Å². The minimum atomic E-state index is -0.771. The molecule has 0 spiro atoms. The van der Waals surface area contributed by atoms with Crippen LogP contribution in [0.2, 0.25) is 0 Å². The van der Waals surface area contributed by atoms with E-state index in [4.69, 9.17) is 28.4 Å². The molecule has 0 aliphatic heterocycles. The molecule has 0 saturated carbocycles. The highest BCUT2D eigenvalue weighted by Crippen LogP contribution is 2.34. The highest BCUT2D eigenvalue weighted by molar-refractivity contribution is 6.50. The lowest BCUT2D eigenvalue weighted by molar-refractivity contribution is 0.0815. The van der Waals surface area contributed by atoms with Gasteiger partial charge in [-0.15, -0.1) is 0 Å². The Morgan fingerprint density at radius 3 is 1.02 bits per heavy atom. The fourth-order valence-corrected chi connectivity index (χ4v) is 4.58. The van der Waals surface area contributed by atoms with Crippen molar-refractivity contribution in [3.05, 3.63) is 95.1 Å². The summed E-state index contributed by atoms with van der Waals surface area (Å²) in [6.07, 6.45) is 0. The second-order valence-electron chi connectivity index (χ2n) is 9.29. The summed E-state index contributed by atoms with van der Waals surface area (Å²) in [6, 6.07) is 18.4. The Labute approximate surface area is 254 Å². The van der Waals surface area contributed by atoms with Crippen LogP contribution in [0.5, 0.6) is 34.5 Å². The van der Waals surface area contributed by atoms with Crippen molar-refractivity contribution in [1.82, 2.24) is 0 Å². The van der Waals surface area contributed by atoms with Crippen LogP contribution in [0.25, 0.3) is 11.1 Å². The van der Waals surface area contributed by atoms with E-state index in [1.807, 2.05) is 0 Å². The Bertz CT molecular complexity index is 1630. The molecule has 226 valence electrons. The predicted molar refractivity (Wildman–Crippen MR) is 161 cm³/mol. The average Bonchev–Trinajstić information content (AvgIpc) is 3.08. The second kappa shape index (κ2) is 13.6. The Balaban J connectivity index is 1.62. The Morgan fingerprint density at radius 1 is 0.364 bits per heavy atom. The number of carbonyl (C=O) groups excluding carboxylic acids is 4. The van der Waals surface area contributed by atoms with Crippen LogP contribution in [0.3, 0.4) is 0 Å². The molecule has 0 saturated heterocycles. The van der Waals surface area contributed by atoms with Crippen molar-refractivity contribution < 1.29 is 47.6 Å². The van der Waals surface area contributed by atoms with Crippen LogP contribution in [0.15, 0.2) is 72.8 Å². The van der Waals surface area contributed by atoms with Crippen molar-refractivity contribution in [3.63, 3.8) is 0 Å². The summed E-state index contributed by atoms with van der Waals surface area (Å²) in [5.41, 5.74) is 1.62. The number of benzene rings is 4. The number of rotatable bonds is 13. The maximum atomic E-state index is 13.2. The number of methoxy groups -OCH3 is 6. The van der Waals surface area contributed by atoms with Crippen LogP contribution in [0.1, 0.15) is 41.4 Å². The van der Waals surface area contributed by atoms with Crippen molar-refractivity contribution in [2.45, 2.75) is 0 Å². The lowest BCUT2D eigenvalue weighted by atomic mass is 9.95. The molecule has 10 heteroatoms. The molecule has 4 aromatic carbocycles. The molecule has 4 rings (SSSR count). The van der Waals surface area contributed by atoms with Gasteiger partial charge in [-0.3, -0.25) is 19.2 Å². The first-order valence-corrected chi connectivity index (χ1v) is 13.2. The van der Waals surface area contributed by atoms with Gasteiger partial charge >= 0.3 is 0 Å². The third-order valence-corrected chi connectivity index (χ3v) is 6.93. The fourth-order valence-electron chi connectivity index (χ4n) is 4.58. The normalized spacial score (nSPS) is 10.4. The Hall–Kier alpha value is -5.64. The van der Waals surface area contributed by atoms with Gasteiger partial charge in [0, 0.05) is 11.1 Å². The van der Waals surface area contributed by atoms with Crippen LogP contribution in [0, 0.1) is 0 Å². The monoisotopic (exact) mass is 598 g/mol. The number of Topliss-reactive ketones (excluding diaryl/α,β-unsaturated/α-hetero) is 4. The van der Waals surface area contributed by atoms with Crippen molar-refractivity contribution in [3.8, 4) is 45.6 Å². The molecule has 0 fully saturated rings. The van der Waals surface area contributed by atoms with Crippen LogP contribution >= 0.6 is 0 Å². The fraction of sp³-hybridized carbons (Fsp3) is 0.176. The van der Waals surface area contributed by atoms with Gasteiger partial charge in [0.25, 0.3) is 0 Å². The summed E-state index contributed by atoms with van der Waals surface area (Å²) in [7, 11) is 8.58. The smallest absolute Gasteiger partial charge is 0.237 e. The highest BCUT2D eigenvalue weighted by Gasteiger charge is 2.26. The third-order valence-electron chi connectivity index (χ3n) is 6.93. The van der Waals surface area contributed by atoms with Crippen molar-refractivity contribution >= 4 is 23.1 Å². The first-order valence-electron chi connectivity index (χ1n) is 13.2. The van der Waals surface area contributed by atoms with Gasteiger partial charge in [0.1, 0.15) is 11.5 Å². The third kappa shape index (κ3) is 6.10. The average molecular weight is 599 g/mol. The summed E-state index contributed by atoms with van der Waals surface area (Å²) < 4.78 is 31.8. The van der Waals surface area contributed by atoms with E-state index in [1.165, 1.54) is 79.1 Å². The van der Waals surface area contributed by atoms with E-state index >= 15 is 0 Å². The van der Waals surface area contributed by atoms with Gasteiger partial charge < -0.3 is 28.4 Å². The summed E-state index contributed by atoms with van der Waals surface area (Å²) in [6.45, 7) is 0. The summed E-state index contributed by atoms with van der Waals surface area (Å²) in [5, 5.41) is 0. The Kier molecular flexibility index (Phi) is 9.64. The molecule has 0 aliphatic rings. The molecule has 4 aromatic rings. The molecule has 0 amide bonds. The highest BCUT2D eigenvalue weighted by atomic mass is 16.5. The number of ketones is 4.